The van der Waals surface area contributed by atoms with Crippen molar-refractivity contribution < 1.29 is 17.9 Å². The lowest BCUT2D eigenvalue weighted by Gasteiger charge is -2.11. The first-order valence-corrected chi connectivity index (χ1v) is 12.5. The van der Waals surface area contributed by atoms with E-state index in [9.17, 15) is 13.2 Å². The molecular weight excluding hydrogens is 450 g/mol. The molecule has 0 aliphatic rings. The number of rotatable bonds is 6. The fourth-order valence-electron chi connectivity index (χ4n) is 3.67. The number of carbonyl (C=O) groups is 1. The second-order valence-corrected chi connectivity index (χ2v) is 10.1. The number of aromatic nitrogens is 2. The van der Waals surface area contributed by atoms with E-state index in [2.05, 4.69) is 5.32 Å². The minimum atomic E-state index is -3.47. The average molecular weight is 476 g/mol. The molecule has 0 bridgehead atoms. The maximum atomic E-state index is 13.1. The average Bonchev–Trinajstić information content (AvgIpc) is 3.22. The molecule has 0 unspecified atom stereocenters. The predicted octanol–water partition coefficient (Wildman–Crippen LogP) is 4.82. The highest BCUT2D eigenvalue weighted by Crippen LogP contribution is 2.32. The number of para-hydroxylation sites is 1. The Morgan fingerprint density at radius 2 is 1.68 bits per heavy atom. The van der Waals surface area contributed by atoms with Gasteiger partial charge in [-0.3, -0.25) is 4.79 Å². The molecule has 0 aliphatic carbocycles. The van der Waals surface area contributed by atoms with E-state index < -0.39 is 15.7 Å². The van der Waals surface area contributed by atoms with Crippen LogP contribution in [-0.4, -0.2) is 37.5 Å². The summed E-state index contributed by atoms with van der Waals surface area (Å²) in [7, 11) is -1.88. The summed E-state index contributed by atoms with van der Waals surface area (Å²) in [5.41, 5.74) is 4.08. The molecule has 0 atom stereocenters. The van der Waals surface area contributed by atoms with Crippen LogP contribution in [0, 0.1) is 13.8 Å². The molecule has 3 aromatic carbocycles. The molecule has 7 nitrogen and oxygen atoms in total. The molecule has 0 fully saturated rings. The quantitative estimate of drug-likeness (QED) is 0.432. The van der Waals surface area contributed by atoms with Gasteiger partial charge in [0.25, 0.3) is 5.91 Å². The Bertz CT molecular complexity index is 1470. The number of aryl methyl sites for hydroxylation is 2. The van der Waals surface area contributed by atoms with E-state index in [1.54, 1.807) is 36.9 Å². The second-order valence-electron chi connectivity index (χ2n) is 8.07. The number of ether oxygens (including phenoxy) is 1. The van der Waals surface area contributed by atoms with Gasteiger partial charge in [0.15, 0.2) is 9.84 Å². The van der Waals surface area contributed by atoms with Gasteiger partial charge in [0.2, 0.25) is 0 Å². The first-order chi connectivity index (χ1) is 16.2. The third kappa shape index (κ3) is 4.72. The van der Waals surface area contributed by atoms with E-state index in [-0.39, 0.29) is 10.5 Å². The summed E-state index contributed by atoms with van der Waals surface area (Å²) in [5.74, 6) is 0.659. The highest BCUT2D eigenvalue weighted by molar-refractivity contribution is 7.90. The van der Waals surface area contributed by atoms with Crippen molar-refractivity contribution >= 4 is 21.6 Å². The molecule has 0 aliphatic heterocycles. The third-order valence-corrected chi connectivity index (χ3v) is 6.70. The lowest BCUT2D eigenvalue weighted by Crippen LogP contribution is -2.16. The van der Waals surface area contributed by atoms with E-state index in [1.807, 2.05) is 55.5 Å². The molecule has 1 heterocycles. The highest BCUT2D eigenvalue weighted by atomic mass is 32.2. The molecule has 1 amide bonds. The molecule has 1 aromatic heterocycles. The number of anilines is 1. The molecule has 1 N–H and O–H groups in total. The fourth-order valence-corrected chi connectivity index (χ4v) is 4.66. The van der Waals surface area contributed by atoms with Gasteiger partial charge >= 0.3 is 0 Å². The number of amides is 1. The SMILES string of the molecule is COc1ccccc1-c1cc(NC(=O)c2ccc(C)c(S(C)(=O)=O)c2)n(-c2ccc(C)cc2)n1. The number of hydrogen-bond donors (Lipinski definition) is 1. The van der Waals surface area contributed by atoms with Gasteiger partial charge in [-0.15, -0.1) is 0 Å². The minimum absolute atomic E-state index is 0.127. The van der Waals surface area contributed by atoms with Crippen LogP contribution in [0.25, 0.3) is 16.9 Å². The summed E-state index contributed by atoms with van der Waals surface area (Å²) < 4.78 is 31.4. The number of nitrogens with zero attached hydrogens (tertiary/aromatic N) is 2. The van der Waals surface area contributed by atoms with Gasteiger partial charge in [-0.05, 0) is 55.8 Å². The Labute approximate surface area is 198 Å². The lowest BCUT2D eigenvalue weighted by atomic mass is 10.1. The highest BCUT2D eigenvalue weighted by Gasteiger charge is 2.19. The summed E-state index contributed by atoms with van der Waals surface area (Å²) in [6, 6.07) is 21.6. The predicted molar refractivity (Wildman–Crippen MR) is 133 cm³/mol. The van der Waals surface area contributed by atoms with Crippen LogP contribution < -0.4 is 10.1 Å². The van der Waals surface area contributed by atoms with Crippen LogP contribution in [0.5, 0.6) is 5.75 Å². The molecule has 4 aromatic rings. The van der Waals surface area contributed by atoms with Gasteiger partial charge in [0.05, 0.1) is 23.4 Å². The zero-order chi connectivity index (χ0) is 24.5. The fraction of sp³-hybridized carbons (Fsp3) is 0.154. The van der Waals surface area contributed by atoms with Gasteiger partial charge < -0.3 is 10.1 Å². The largest absolute Gasteiger partial charge is 0.496 e. The van der Waals surface area contributed by atoms with E-state index in [1.165, 1.54) is 6.07 Å². The Morgan fingerprint density at radius 3 is 2.35 bits per heavy atom. The smallest absolute Gasteiger partial charge is 0.256 e. The zero-order valence-corrected chi connectivity index (χ0v) is 20.2. The van der Waals surface area contributed by atoms with Crippen molar-refractivity contribution in [3.8, 4) is 22.7 Å². The summed E-state index contributed by atoms with van der Waals surface area (Å²) in [6.07, 6.45) is 1.13. The Morgan fingerprint density at radius 1 is 0.971 bits per heavy atom. The van der Waals surface area contributed by atoms with Crippen LogP contribution >= 0.6 is 0 Å². The molecule has 174 valence electrons. The number of benzene rings is 3. The van der Waals surface area contributed by atoms with Gasteiger partial charge in [-0.2, -0.15) is 5.10 Å². The Hall–Kier alpha value is -3.91. The Kier molecular flexibility index (Phi) is 6.26. The van der Waals surface area contributed by atoms with Gasteiger partial charge in [-0.1, -0.05) is 35.9 Å². The second kappa shape index (κ2) is 9.15. The van der Waals surface area contributed by atoms with Crippen LogP contribution in [0.4, 0.5) is 5.82 Å². The number of carbonyl (C=O) groups excluding carboxylic acids is 1. The Balaban J connectivity index is 1.78. The van der Waals surface area contributed by atoms with E-state index >= 15 is 0 Å². The third-order valence-electron chi connectivity index (χ3n) is 5.46. The van der Waals surface area contributed by atoms with E-state index in [0.29, 0.717) is 22.8 Å². The van der Waals surface area contributed by atoms with Crippen molar-refractivity contribution in [3.63, 3.8) is 0 Å². The zero-order valence-electron chi connectivity index (χ0n) is 19.4. The first kappa shape index (κ1) is 23.3. The van der Waals surface area contributed by atoms with Gasteiger partial charge in [-0.25, -0.2) is 13.1 Å². The van der Waals surface area contributed by atoms with Crippen molar-refractivity contribution in [3.05, 3.63) is 89.5 Å². The van der Waals surface area contributed by atoms with Gasteiger partial charge in [0.1, 0.15) is 11.6 Å². The van der Waals surface area contributed by atoms with Crippen LogP contribution in [0.3, 0.4) is 0 Å². The summed E-state index contributed by atoms with van der Waals surface area (Å²) >= 11 is 0. The van der Waals surface area contributed by atoms with Gasteiger partial charge in [0, 0.05) is 23.4 Å². The molecule has 34 heavy (non-hydrogen) atoms. The van der Waals surface area contributed by atoms with Crippen LogP contribution in [0.2, 0.25) is 0 Å². The van der Waals surface area contributed by atoms with E-state index in [4.69, 9.17) is 9.84 Å². The lowest BCUT2D eigenvalue weighted by molar-refractivity contribution is 0.102. The van der Waals surface area contributed by atoms with Crippen molar-refractivity contribution in [1.82, 2.24) is 9.78 Å². The summed E-state index contributed by atoms with van der Waals surface area (Å²) in [6.45, 7) is 3.69. The monoisotopic (exact) mass is 475 g/mol. The van der Waals surface area contributed by atoms with Crippen molar-refractivity contribution in [2.24, 2.45) is 0 Å². The number of methoxy groups -OCH3 is 1. The molecule has 0 spiro atoms. The topological polar surface area (TPSA) is 90.3 Å². The molecule has 0 saturated heterocycles. The maximum Gasteiger partial charge on any atom is 0.256 e. The number of nitrogens with one attached hydrogen (secondary N) is 1. The van der Waals surface area contributed by atoms with Crippen molar-refractivity contribution in [2.45, 2.75) is 18.7 Å². The van der Waals surface area contributed by atoms with Crippen LogP contribution in [0.1, 0.15) is 21.5 Å². The van der Waals surface area contributed by atoms with Crippen LogP contribution in [-0.2, 0) is 9.84 Å². The first-order valence-electron chi connectivity index (χ1n) is 10.6. The minimum Gasteiger partial charge on any atom is -0.496 e. The molecule has 4 rings (SSSR count). The maximum absolute atomic E-state index is 13.1. The molecular formula is C26H25N3O4S. The number of hydrogen-bond acceptors (Lipinski definition) is 5. The summed E-state index contributed by atoms with van der Waals surface area (Å²) in [5, 5.41) is 7.62. The van der Waals surface area contributed by atoms with Crippen LogP contribution in [0.15, 0.2) is 77.7 Å². The molecule has 8 heteroatoms. The molecule has 0 saturated carbocycles. The normalized spacial score (nSPS) is 11.3. The molecule has 0 radical (unpaired) electrons. The summed E-state index contributed by atoms with van der Waals surface area (Å²) in [4.78, 5) is 13.3. The van der Waals surface area contributed by atoms with Crippen molar-refractivity contribution in [2.75, 3.05) is 18.7 Å². The van der Waals surface area contributed by atoms with E-state index in [0.717, 1.165) is 23.1 Å². The standard InChI is InChI=1S/C26H25N3O4S/c1-17-9-13-20(14-10-17)29-25(16-22(28-29)21-7-5-6-8-23(21)33-3)27-26(30)19-12-11-18(2)24(15-19)34(4,31)32/h5-16H,1-4H3,(H,27,30). The number of sulfone groups is 1. The van der Waals surface area contributed by atoms with Crippen molar-refractivity contribution in [1.29, 1.82) is 0 Å².